The zero-order chi connectivity index (χ0) is 15.0. The summed E-state index contributed by atoms with van der Waals surface area (Å²) in [7, 11) is 0. The lowest BCUT2D eigenvalue weighted by Crippen LogP contribution is -1.98. The van der Waals surface area contributed by atoms with Gasteiger partial charge in [-0.05, 0) is 23.6 Å². The van der Waals surface area contributed by atoms with Crippen LogP contribution >= 0.6 is 0 Å². The van der Waals surface area contributed by atoms with Crippen LogP contribution < -0.4 is 5.73 Å². The molecule has 3 aromatic rings. The Hall–Kier alpha value is -2.49. The second kappa shape index (κ2) is 5.13. The lowest BCUT2D eigenvalue weighted by molar-refractivity contribution is 0.629. The number of fused-ring (bicyclic) bond motifs is 1. The fourth-order valence-corrected chi connectivity index (χ4v) is 2.27. The van der Waals surface area contributed by atoms with Crippen molar-refractivity contribution in [2.45, 2.75) is 19.8 Å². The van der Waals surface area contributed by atoms with Crippen molar-refractivity contribution in [3.63, 3.8) is 0 Å². The van der Waals surface area contributed by atoms with E-state index >= 15 is 0 Å². The maximum atomic E-state index is 13.3. The summed E-state index contributed by atoms with van der Waals surface area (Å²) in [6, 6.07) is 12.4. The minimum absolute atomic E-state index is 0.332. The van der Waals surface area contributed by atoms with Gasteiger partial charge in [-0.2, -0.15) is 0 Å². The van der Waals surface area contributed by atoms with Crippen LogP contribution in [0, 0.1) is 5.82 Å². The molecule has 0 saturated carbocycles. The molecule has 0 atom stereocenters. The van der Waals surface area contributed by atoms with Gasteiger partial charge >= 0.3 is 0 Å². The smallest absolute Gasteiger partial charge is 0.162 e. The highest BCUT2D eigenvalue weighted by molar-refractivity contribution is 5.89. The summed E-state index contributed by atoms with van der Waals surface area (Å²) < 4.78 is 13.3. The van der Waals surface area contributed by atoms with Gasteiger partial charge in [0.15, 0.2) is 5.82 Å². The maximum Gasteiger partial charge on any atom is 0.162 e. The number of hydrogen-bond donors (Lipinski definition) is 1. The van der Waals surface area contributed by atoms with Crippen molar-refractivity contribution in [2.24, 2.45) is 0 Å². The van der Waals surface area contributed by atoms with Crippen LogP contribution in [0.15, 0.2) is 42.5 Å². The van der Waals surface area contributed by atoms with E-state index in [-0.39, 0.29) is 5.82 Å². The van der Waals surface area contributed by atoms with E-state index < -0.39 is 0 Å². The van der Waals surface area contributed by atoms with E-state index in [2.05, 4.69) is 35.9 Å². The first kappa shape index (κ1) is 13.5. The van der Waals surface area contributed by atoms with Crippen LogP contribution in [-0.2, 0) is 0 Å². The molecule has 0 spiro atoms. The van der Waals surface area contributed by atoms with E-state index in [9.17, 15) is 4.39 Å². The molecule has 0 amide bonds. The Morgan fingerprint density at radius 3 is 2.38 bits per heavy atom. The number of nitrogens with zero attached hydrogens (tertiary/aromatic N) is 2. The van der Waals surface area contributed by atoms with Crippen LogP contribution in [0.25, 0.3) is 22.3 Å². The molecule has 21 heavy (non-hydrogen) atoms. The Bertz CT molecular complexity index is 795. The van der Waals surface area contributed by atoms with Gasteiger partial charge in [-0.25, -0.2) is 14.4 Å². The third-order valence-corrected chi connectivity index (χ3v) is 3.52. The Labute approximate surface area is 122 Å². The van der Waals surface area contributed by atoms with E-state index in [0.717, 1.165) is 5.56 Å². The van der Waals surface area contributed by atoms with Crippen LogP contribution in [0.4, 0.5) is 10.2 Å². The van der Waals surface area contributed by atoms with Gasteiger partial charge < -0.3 is 5.73 Å². The predicted octanol–water partition coefficient (Wildman–Crippen LogP) is 4.14. The summed E-state index contributed by atoms with van der Waals surface area (Å²) in [5.41, 5.74) is 8.59. The van der Waals surface area contributed by atoms with Crippen molar-refractivity contribution in [2.75, 3.05) is 5.73 Å². The van der Waals surface area contributed by atoms with Crippen molar-refractivity contribution in [3.05, 3.63) is 53.8 Å². The lowest BCUT2D eigenvalue weighted by atomic mass is 10.0. The number of nitrogens with two attached hydrogens (primary N) is 1. The molecule has 0 aliphatic carbocycles. The van der Waals surface area contributed by atoms with E-state index in [0.29, 0.717) is 28.5 Å². The molecule has 2 N–H and O–H groups in total. The van der Waals surface area contributed by atoms with Gasteiger partial charge in [0.05, 0.1) is 5.52 Å². The van der Waals surface area contributed by atoms with Crippen molar-refractivity contribution in [1.82, 2.24) is 9.97 Å². The fraction of sp³-hybridized carbons (Fsp3) is 0.176. The van der Waals surface area contributed by atoms with Gasteiger partial charge in [-0.3, -0.25) is 0 Å². The molecular formula is C17H16FN3. The zero-order valence-electron chi connectivity index (χ0n) is 12.0. The Morgan fingerprint density at radius 1 is 1.00 bits per heavy atom. The third-order valence-electron chi connectivity index (χ3n) is 3.52. The average Bonchev–Trinajstić information content (AvgIpc) is 2.46. The average molecular weight is 281 g/mol. The van der Waals surface area contributed by atoms with Crippen molar-refractivity contribution in [1.29, 1.82) is 0 Å². The van der Waals surface area contributed by atoms with E-state index in [1.807, 2.05) is 12.1 Å². The van der Waals surface area contributed by atoms with Gasteiger partial charge in [0.1, 0.15) is 11.6 Å². The third kappa shape index (κ3) is 2.57. The number of nitrogen functional groups attached to an aromatic ring is 1. The van der Waals surface area contributed by atoms with E-state index in [1.54, 1.807) is 6.07 Å². The molecule has 3 nitrogen and oxygen atoms in total. The largest absolute Gasteiger partial charge is 0.383 e. The highest BCUT2D eigenvalue weighted by Gasteiger charge is 2.08. The first-order valence-electron chi connectivity index (χ1n) is 6.87. The normalized spacial score (nSPS) is 11.2. The number of halogens is 1. The quantitative estimate of drug-likeness (QED) is 0.768. The molecular weight excluding hydrogens is 265 g/mol. The summed E-state index contributed by atoms with van der Waals surface area (Å²) in [6.45, 7) is 4.28. The topological polar surface area (TPSA) is 51.8 Å². The molecule has 0 radical (unpaired) electrons. The number of rotatable bonds is 2. The standard InChI is InChI=1S/C17H16FN3/c1-10(2)11-3-5-12(6-4-11)17-20-15-9-13(18)7-8-14(15)16(19)21-17/h3-10H,1-2H3,(H2,19,20,21). The second-order valence-corrected chi connectivity index (χ2v) is 5.37. The van der Waals surface area contributed by atoms with Crippen LogP contribution in [-0.4, -0.2) is 9.97 Å². The monoisotopic (exact) mass is 281 g/mol. The summed E-state index contributed by atoms with van der Waals surface area (Å²) in [4.78, 5) is 8.73. The number of aromatic nitrogens is 2. The van der Waals surface area contributed by atoms with Gasteiger partial charge in [-0.1, -0.05) is 38.1 Å². The van der Waals surface area contributed by atoms with Crippen molar-refractivity contribution < 1.29 is 4.39 Å². The molecule has 2 aromatic carbocycles. The first-order valence-corrected chi connectivity index (χ1v) is 6.87. The minimum atomic E-state index is -0.332. The molecule has 0 aliphatic rings. The lowest BCUT2D eigenvalue weighted by Gasteiger charge is -2.08. The highest BCUT2D eigenvalue weighted by atomic mass is 19.1. The highest BCUT2D eigenvalue weighted by Crippen LogP contribution is 2.25. The number of hydrogen-bond acceptors (Lipinski definition) is 3. The van der Waals surface area contributed by atoms with Crippen molar-refractivity contribution >= 4 is 16.7 Å². The molecule has 0 unspecified atom stereocenters. The van der Waals surface area contributed by atoms with Crippen LogP contribution in [0.2, 0.25) is 0 Å². The molecule has 1 aromatic heterocycles. The predicted molar refractivity (Wildman–Crippen MR) is 83.4 cm³/mol. The van der Waals surface area contributed by atoms with Crippen LogP contribution in [0.5, 0.6) is 0 Å². The van der Waals surface area contributed by atoms with Gasteiger partial charge in [0.2, 0.25) is 0 Å². The molecule has 0 fully saturated rings. The van der Waals surface area contributed by atoms with Gasteiger partial charge in [0, 0.05) is 17.0 Å². The molecule has 0 bridgehead atoms. The van der Waals surface area contributed by atoms with Crippen molar-refractivity contribution in [3.8, 4) is 11.4 Å². The molecule has 1 heterocycles. The first-order chi connectivity index (χ1) is 10.0. The number of benzene rings is 2. The summed E-state index contributed by atoms with van der Waals surface area (Å²) in [5, 5.41) is 0.666. The summed E-state index contributed by atoms with van der Waals surface area (Å²) >= 11 is 0. The molecule has 0 saturated heterocycles. The van der Waals surface area contributed by atoms with Gasteiger partial charge in [-0.15, -0.1) is 0 Å². The fourth-order valence-electron chi connectivity index (χ4n) is 2.27. The molecule has 3 rings (SSSR count). The van der Waals surface area contributed by atoms with E-state index in [1.165, 1.54) is 17.7 Å². The molecule has 4 heteroatoms. The van der Waals surface area contributed by atoms with E-state index in [4.69, 9.17) is 5.73 Å². The summed E-state index contributed by atoms with van der Waals surface area (Å²) in [6.07, 6.45) is 0. The Kier molecular flexibility index (Phi) is 3.29. The molecule has 106 valence electrons. The maximum absolute atomic E-state index is 13.3. The number of anilines is 1. The van der Waals surface area contributed by atoms with Crippen LogP contribution in [0.1, 0.15) is 25.3 Å². The summed E-state index contributed by atoms with van der Waals surface area (Å²) in [5.74, 6) is 1.02. The van der Waals surface area contributed by atoms with Crippen LogP contribution in [0.3, 0.4) is 0 Å². The molecule has 0 aliphatic heterocycles. The Morgan fingerprint density at radius 2 is 1.71 bits per heavy atom. The zero-order valence-corrected chi connectivity index (χ0v) is 12.0. The second-order valence-electron chi connectivity index (χ2n) is 5.37. The minimum Gasteiger partial charge on any atom is -0.383 e. The van der Waals surface area contributed by atoms with Gasteiger partial charge in [0.25, 0.3) is 0 Å². The SMILES string of the molecule is CC(C)c1ccc(-c2nc(N)c3ccc(F)cc3n2)cc1. The Balaban J connectivity index is 2.11.